The fourth-order valence-corrected chi connectivity index (χ4v) is 3.28. The number of unbranched alkanes of at least 4 members (excludes halogenated alkanes) is 10. The van der Waals surface area contributed by atoms with Crippen LogP contribution in [-0.2, 0) is 0 Å². The average Bonchev–Trinajstić information content (AvgIpc) is 2.45. The SMILES string of the molecule is CCCCCCCCNC(=S)SCCCCCCCC.[La]. The molecule has 1 nitrogen and oxygen atoms in total. The van der Waals surface area contributed by atoms with Crippen LogP contribution in [0.4, 0.5) is 0 Å². The normalized spacial score (nSPS) is 10.2. The summed E-state index contributed by atoms with van der Waals surface area (Å²) in [5, 5.41) is 3.38. The van der Waals surface area contributed by atoms with Gasteiger partial charge in [0.1, 0.15) is 4.32 Å². The molecule has 0 aromatic heterocycles. The Hall–Kier alpha value is 1.43. The van der Waals surface area contributed by atoms with Crippen molar-refractivity contribution in [2.75, 3.05) is 12.3 Å². The van der Waals surface area contributed by atoms with Crippen molar-refractivity contribution in [2.24, 2.45) is 0 Å². The van der Waals surface area contributed by atoms with E-state index < -0.39 is 0 Å². The third-order valence-corrected chi connectivity index (χ3v) is 4.93. The quantitative estimate of drug-likeness (QED) is 0.243. The van der Waals surface area contributed by atoms with Gasteiger partial charge in [0.05, 0.1) is 0 Å². The Balaban J connectivity index is 0. The van der Waals surface area contributed by atoms with Crippen LogP contribution >= 0.6 is 24.0 Å². The van der Waals surface area contributed by atoms with E-state index in [-0.39, 0.29) is 35.6 Å². The van der Waals surface area contributed by atoms with Crippen LogP contribution in [0.15, 0.2) is 0 Å². The molecule has 1 radical (unpaired) electrons. The Labute approximate surface area is 171 Å². The summed E-state index contributed by atoms with van der Waals surface area (Å²) in [6.07, 6.45) is 16.3. The fourth-order valence-electron chi connectivity index (χ4n) is 2.19. The van der Waals surface area contributed by atoms with Crippen LogP contribution in [0, 0.1) is 35.6 Å². The van der Waals surface area contributed by atoms with E-state index in [1.807, 2.05) is 11.8 Å². The first-order chi connectivity index (χ1) is 9.81. The van der Waals surface area contributed by atoms with Gasteiger partial charge in [0.15, 0.2) is 0 Å². The summed E-state index contributed by atoms with van der Waals surface area (Å²) in [6.45, 7) is 5.60. The molecule has 0 atom stereocenters. The predicted octanol–water partition coefficient (Wildman–Crippen LogP) is 6.32. The molecule has 0 bridgehead atoms. The van der Waals surface area contributed by atoms with Crippen molar-refractivity contribution >= 4 is 28.3 Å². The largest absolute Gasteiger partial charge is 0.371 e. The van der Waals surface area contributed by atoms with Crippen molar-refractivity contribution in [1.29, 1.82) is 0 Å². The van der Waals surface area contributed by atoms with Crippen molar-refractivity contribution < 1.29 is 35.6 Å². The van der Waals surface area contributed by atoms with Crippen molar-refractivity contribution in [3.8, 4) is 0 Å². The minimum absolute atomic E-state index is 0. The van der Waals surface area contributed by atoms with Crippen molar-refractivity contribution in [1.82, 2.24) is 5.32 Å². The molecule has 0 aliphatic carbocycles. The summed E-state index contributed by atoms with van der Waals surface area (Å²) < 4.78 is 1.01. The zero-order valence-electron chi connectivity index (χ0n) is 14.3. The molecular formula is C17H35LaNS2. The van der Waals surface area contributed by atoms with Crippen molar-refractivity contribution in [2.45, 2.75) is 90.9 Å². The molecule has 0 fully saturated rings. The molecule has 0 rings (SSSR count). The molecule has 4 heteroatoms. The molecule has 0 aliphatic rings. The number of nitrogens with one attached hydrogen (secondary N) is 1. The number of rotatable bonds is 14. The van der Waals surface area contributed by atoms with Crippen LogP contribution in [0.3, 0.4) is 0 Å². The summed E-state index contributed by atoms with van der Waals surface area (Å²) in [6, 6.07) is 0. The number of hydrogen-bond acceptors (Lipinski definition) is 2. The van der Waals surface area contributed by atoms with Gasteiger partial charge in [-0.25, -0.2) is 0 Å². The Morgan fingerprint density at radius 3 is 1.81 bits per heavy atom. The van der Waals surface area contributed by atoms with Gasteiger partial charge in [-0.2, -0.15) is 0 Å². The van der Waals surface area contributed by atoms with Crippen LogP contribution in [0.1, 0.15) is 90.9 Å². The molecule has 0 amide bonds. The molecule has 0 aliphatic heterocycles. The van der Waals surface area contributed by atoms with E-state index in [1.54, 1.807) is 0 Å². The molecule has 0 saturated carbocycles. The van der Waals surface area contributed by atoms with Gasteiger partial charge in [-0.1, -0.05) is 102 Å². The van der Waals surface area contributed by atoms with E-state index in [9.17, 15) is 0 Å². The number of hydrogen-bond donors (Lipinski definition) is 1. The van der Waals surface area contributed by atoms with E-state index in [0.717, 1.165) is 10.9 Å². The molecule has 0 spiro atoms. The summed E-state index contributed by atoms with van der Waals surface area (Å²) in [4.78, 5) is 0. The van der Waals surface area contributed by atoms with E-state index in [4.69, 9.17) is 12.2 Å². The second-order valence-corrected chi connectivity index (χ2v) is 7.37. The minimum Gasteiger partial charge on any atom is -0.371 e. The summed E-state index contributed by atoms with van der Waals surface area (Å²) in [5.41, 5.74) is 0. The first-order valence-corrected chi connectivity index (χ1v) is 10.1. The third kappa shape index (κ3) is 21.4. The Morgan fingerprint density at radius 2 is 1.24 bits per heavy atom. The van der Waals surface area contributed by atoms with Gasteiger partial charge in [0, 0.05) is 47.9 Å². The molecule has 0 aromatic carbocycles. The maximum atomic E-state index is 5.35. The van der Waals surface area contributed by atoms with Crippen LogP contribution in [0.2, 0.25) is 0 Å². The first-order valence-electron chi connectivity index (χ1n) is 8.71. The molecule has 0 unspecified atom stereocenters. The zero-order chi connectivity index (χ0) is 14.9. The summed E-state index contributed by atoms with van der Waals surface area (Å²) in [5.74, 6) is 1.19. The maximum Gasteiger partial charge on any atom is 0.133 e. The van der Waals surface area contributed by atoms with E-state index >= 15 is 0 Å². The monoisotopic (exact) mass is 456 g/mol. The molecule has 0 saturated heterocycles. The molecule has 1 N–H and O–H groups in total. The van der Waals surface area contributed by atoms with Crippen molar-refractivity contribution in [3.05, 3.63) is 0 Å². The molecule has 0 aromatic rings. The number of thiocarbonyl (C=S) groups is 1. The Morgan fingerprint density at radius 1 is 0.762 bits per heavy atom. The van der Waals surface area contributed by atoms with Gasteiger partial charge in [0.25, 0.3) is 0 Å². The standard InChI is InChI=1S/C17H35NS2.La/c1-3-5-7-9-11-13-15-18-17(19)20-16-14-12-10-8-6-4-2;/h3-16H2,1-2H3,(H,18,19);. The van der Waals surface area contributed by atoms with Gasteiger partial charge in [-0.05, 0) is 12.8 Å². The second-order valence-electron chi connectivity index (χ2n) is 5.60. The van der Waals surface area contributed by atoms with E-state index in [2.05, 4.69) is 19.2 Å². The van der Waals surface area contributed by atoms with Gasteiger partial charge in [-0.15, -0.1) is 0 Å². The maximum absolute atomic E-state index is 5.35. The Kier molecular flexibility index (Phi) is 25.2. The zero-order valence-corrected chi connectivity index (χ0v) is 19.6. The van der Waals surface area contributed by atoms with Crippen molar-refractivity contribution in [3.63, 3.8) is 0 Å². The van der Waals surface area contributed by atoms with Gasteiger partial charge < -0.3 is 5.32 Å². The predicted molar refractivity (Wildman–Crippen MR) is 99.8 cm³/mol. The smallest absolute Gasteiger partial charge is 0.133 e. The van der Waals surface area contributed by atoms with Gasteiger partial charge in [0.2, 0.25) is 0 Å². The third-order valence-electron chi connectivity index (χ3n) is 3.53. The summed E-state index contributed by atoms with van der Waals surface area (Å²) >= 11 is 7.18. The van der Waals surface area contributed by atoms with Crippen LogP contribution in [0.25, 0.3) is 0 Å². The Bertz CT molecular complexity index is 193. The van der Waals surface area contributed by atoms with Gasteiger partial charge in [-0.3, -0.25) is 0 Å². The van der Waals surface area contributed by atoms with Crippen LogP contribution < -0.4 is 5.32 Å². The van der Waals surface area contributed by atoms with E-state index in [0.29, 0.717) is 0 Å². The minimum atomic E-state index is 0. The topological polar surface area (TPSA) is 12.0 Å². The first kappa shape index (κ1) is 24.7. The summed E-state index contributed by atoms with van der Waals surface area (Å²) in [7, 11) is 0. The fraction of sp³-hybridized carbons (Fsp3) is 0.941. The molecular weight excluding hydrogens is 421 g/mol. The van der Waals surface area contributed by atoms with Crippen LogP contribution in [0.5, 0.6) is 0 Å². The van der Waals surface area contributed by atoms with Crippen LogP contribution in [-0.4, -0.2) is 16.6 Å². The molecule has 123 valence electrons. The molecule has 21 heavy (non-hydrogen) atoms. The van der Waals surface area contributed by atoms with E-state index in [1.165, 1.54) is 82.8 Å². The average molecular weight is 457 g/mol. The molecule has 0 heterocycles. The van der Waals surface area contributed by atoms with Gasteiger partial charge >= 0.3 is 0 Å². The second kappa shape index (κ2) is 21.4. The number of thioether (sulfide) groups is 1.